The number of alkyl halides is 3. The molecule has 7 aromatic carbocycles. The minimum atomic E-state index is -4.77. The SMILES string of the molecule is CS(=O)(=O)c1ccc(-n2cc(-c3ccc(OC(F)(F)F)cc3)nc2-c2ccc(Cl)cc2)cc1.CS(=O)(=O)c1ccc(-n2cc(-c3ccc4ccccc4c3)nc2-c2ccc(Cl)cc2)cc1. The molecule has 0 fully saturated rings. The maximum atomic E-state index is 12.4. The van der Waals surface area contributed by atoms with E-state index in [0.29, 0.717) is 32.8 Å². The highest BCUT2D eigenvalue weighted by Gasteiger charge is 2.31. The summed E-state index contributed by atoms with van der Waals surface area (Å²) in [6.07, 6.45) is 1.25. The van der Waals surface area contributed by atoms with E-state index in [4.69, 9.17) is 28.2 Å². The molecule has 0 bridgehead atoms. The van der Waals surface area contributed by atoms with E-state index in [1.54, 1.807) is 71.4 Å². The minimum absolute atomic E-state index is 0.180. The van der Waals surface area contributed by atoms with E-state index in [1.165, 1.54) is 48.0 Å². The number of fused-ring (bicyclic) bond motifs is 1. The lowest BCUT2D eigenvalue weighted by Gasteiger charge is -2.09. The zero-order valence-corrected chi connectivity index (χ0v) is 37.4. The van der Waals surface area contributed by atoms with E-state index in [0.717, 1.165) is 45.5 Å². The van der Waals surface area contributed by atoms with Crippen molar-refractivity contribution in [1.29, 1.82) is 0 Å². The van der Waals surface area contributed by atoms with Crippen molar-refractivity contribution < 1.29 is 34.7 Å². The van der Waals surface area contributed by atoms with Crippen molar-refractivity contribution in [2.45, 2.75) is 16.2 Å². The Morgan fingerprint density at radius 2 is 0.892 bits per heavy atom. The van der Waals surface area contributed by atoms with Crippen LogP contribution in [0.4, 0.5) is 13.2 Å². The van der Waals surface area contributed by atoms with Crippen LogP contribution in [-0.4, -0.2) is 54.8 Å². The number of aromatic nitrogens is 4. The second-order valence-electron chi connectivity index (χ2n) is 14.8. The van der Waals surface area contributed by atoms with Gasteiger partial charge in [-0.2, -0.15) is 0 Å². The van der Waals surface area contributed by atoms with Gasteiger partial charge in [0.25, 0.3) is 0 Å². The molecule has 65 heavy (non-hydrogen) atoms. The summed E-state index contributed by atoms with van der Waals surface area (Å²) in [6, 6.07) is 47.5. The Morgan fingerprint density at radius 3 is 1.32 bits per heavy atom. The van der Waals surface area contributed by atoms with Crippen molar-refractivity contribution in [3.05, 3.63) is 186 Å². The van der Waals surface area contributed by atoms with Gasteiger partial charge < -0.3 is 4.74 Å². The first-order chi connectivity index (χ1) is 30.9. The van der Waals surface area contributed by atoms with Crippen LogP contribution >= 0.6 is 23.2 Å². The molecule has 0 saturated heterocycles. The molecule has 0 radical (unpaired) electrons. The maximum Gasteiger partial charge on any atom is 0.573 e. The molecular weight excluding hydrogens is 917 g/mol. The first-order valence-electron chi connectivity index (χ1n) is 19.5. The van der Waals surface area contributed by atoms with E-state index in [9.17, 15) is 30.0 Å². The highest BCUT2D eigenvalue weighted by Crippen LogP contribution is 2.33. The van der Waals surface area contributed by atoms with Gasteiger partial charge >= 0.3 is 6.36 Å². The van der Waals surface area contributed by atoms with Crippen molar-refractivity contribution in [3.63, 3.8) is 0 Å². The zero-order valence-electron chi connectivity index (χ0n) is 34.3. The van der Waals surface area contributed by atoms with E-state index in [1.807, 2.05) is 47.2 Å². The van der Waals surface area contributed by atoms with Crippen LogP contribution in [0.3, 0.4) is 0 Å². The quantitative estimate of drug-likeness (QED) is 0.142. The molecule has 328 valence electrons. The Kier molecular flexibility index (Phi) is 12.5. The van der Waals surface area contributed by atoms with Crippen LogP contribution in [-0.2, 0) is 19.7 Å². The molecule has 0 aliphatic rings. The monoisotopic (exact) mass is 950 g/mol. The number of hydrogen-bond acceptors (Lipinski definition) is 7. The van der Waals surface area contributed by atoms with Crippen LogP contribution in [0.5, 0.6) is 5.75 Å². The number of benzene rings is 7. The molecule has 9 rings (SSSR count). The van der Waals surface area contributed by atoms with Crippen LogP contribution in [0.15, 0.2) is 186 Å². The molecule has 0 N–H and O–H groups in total. The van der Waals surface area contributed by atoms with Gasteiger partial charge in [0.1, 0.15) is 17.4 Å². The lowest BCUT2D eigenvalue weighted by molar-refractivity contribution is -0.274. The van der Waals surface area contributed by atoms with Gasteiger partial charge in [0.2, 0.25) is 0 Å². The molecule has 0 aliphatic carbocycles. The topological polar surface area (TPSA) is 113 Å². The van der Waals surface area contributed by atoms with E-state index in [-0.39, 0.29) is 15.5 Å². The molecule has 0 atom stereocenters. The predicted molar refractivity (Wildman–Crippen MR) is 249 cm³/mol. The van der Waals surface area contributed by atoms with Crippen LogP contribution in [0, 0.1) is 0 Å². The Labute approximate surface area is 382 Å². The normalized spacial score (nSPS) is 11.9. The summed E-state index contributed by atoms with van der Waals surface area (Å²) in [5, 5.41) is 3.52. The van der Waals surface area contributed by atoms with E-state index < -0.39 is 26.0 Å². The van der Waals surface area contributed by atoms with Crippen molar-refractivity contribution in [1.82, 2.24) is 19.1 Å². The third-order valence-corrected chi connectivity index (χ3v) is 12.9. The van der Waals surface area contributed by atoms with Crippen molar-refractivity contribution in [3.8, 4) is 62.4 Å². The largest absolute Gasteiger partial charge is 0.573 e. The average Bonchev–Trinajstić information content (AvgIpc) is 3.93. The van der Waals surface area contributed by atoms with Crippen molar-refractivity contribution in [2.24, 2.45) is 0 Å². The van der Waals surface area contributed by atoms with Crippen molar-refractivity contribution >= 4 is 53.6 Å². The summed E-state index contributed by atoms with van der Waals surface area (Å²) >= 11 is 12.1. The molecule has 0 unspecified atom stereocenters. The molecule has 0 aliphatic heterocycles. The number of ether oxygens (including phenoxy) is 1. The Balaban J connectivity index is 0.000000177. The molecule has 2 aromatic heterocycles. The summed E-state index contributed by atoms with van der Waals surface area (Å²) in [5.41, 5.74) is 6.05. The van der Waals surface area contributed by atoms with Crippen LogP contribution < -0.4 is 4.74 Å². The van der Waals surface area contributed by atoms with Gasteiger partial charge in [0, 0.05) is 68.6 Å². The summed E-state index contributed by atoms with van der Waals surface area (Å²) < 4.78 is 92.3. The summed E-state index contributed by atoms with van der Waals surface area (Å²) in [7, 11) is -6.62. The number of hydrogen-bond donors (Lipinski definition) is 0. The lowest BCUT2D eigenvalue weighted by Crippen LogP contribution is -2.16. The fraction of sp³-hybridized carbons (Fsp3) is 0.0612. The van der Waals surface area contributed by atoms with Gasteiger partial charge in [0.15, 0.2) is 19.7 Å². The van der Waals surface area contributed by atoms with Crippen LogP contribution in [0.25, 0.3) is 67.4 Å². The first-order valence-corrected chi connectivity index (χ1v) is 24.1. The van der Waals surface area contributed by atoms with Gasteiger partial charge in [-0.25, -0.2) is 26.8 Å². The average molecular weight is 952 g/mol. The number of sulfone groups is 2. The first kappa shape index (κ1) is 44.9. The van der Waals surface area contributed by atoms with Crippen LogP contribution in [0.1, 0.15) is 0 Å². The molecule has 9 nitrogen and oxygen atoms in total. The predicted octanol–water partition coefficient (Wildman–Crippen LogP) is 12.6. The molecular formula is C49H35Cl2F3N4O5S2. The van der Waals surface area contributed by atoms with Crippen molar-refractivity contribution in [2.75, 3.05) is 12.5 Å². The zero-order chi connectivity index (χ0) is 46.1. The van der Waals surface area contributed by atoms with Gasteiger partial charge in [-0.05, 0) is 138 Å². The Morgan fingerprint density at radius 1 is 0.492 bits per heavy atom. The molecule has 0 spiro atoms. The number of imidazole rings is 2. The number of nitrogens with zero attached hydrogens (tertiary/aromatic N) is 4. The third kappa shape index (κ3) is 10.6. The van der Waals surface area contributed by atoms with Gasteiger partial charge in [0.05, 0.1) is 21.2 Å². The minimum Gasteiger partial charge on any atom is -0.406 e. The van der Waals surface area contributed by atoms with Crippen LogP contribution in [0.2, 0.25) is 10.0 Å². The number of halogens is 5. The summed E-state index contributed by atoms with van der Waals surface area (Å²) in [5.74, 6) is 0.960. The molecule has 0 amide bonds. The molecule has 0 saturated carbocycles. The fourth-order valence-corrected chi connectivity index (χ4v) is 8.43. The van der Waals surface area contributed by atoms with Gasteiger partial charge in [-0.1, -0.05) is 59.6 Å². The standard InChI is InChI=1S/C26H19ClN2O2S.C23H16ClF3N2O3S/c1-32(30,31)24-14-12-23(13-15-24)29-17-25(28-26(29)19-8-10-22(27)11-9-19)21-7-6-18-4-2-3-5-20(18)16-21;1-33(30,31)20-12-8-18(9-13-20)29-14-21(28-22(29)16-2-6-17(24)7-3-16)15-4-10-19(11-5-15)32-23(25,26)27/h2-17H,1H3;2-14H,1H3. The van der Waals surface area contributed by atoms with Gasteiger partial charge in [-0.3, -0.25) is 9.13 Å². The maximum absolute atomic E-state index is 12.4. The molecule has 9 aromatic rings. The molecule has 2 heterocycles. The third-order valence-electron chi connectivity index (χ3n) is 10.1. The highest BCUT2D eigenvalue weighted by atomic mass is 35.5. The summed E-state index contributed by atoms with van der Waals surface area (Å²) in [4.78, 5) is 10.1. The van der Waals surface area contributed by atoms with E-state index >= 15 is 0 Å². The second-order valence-corrected chi connectivity index (χ2v) is 19.7. The fourth-order valence-electron chi connectivity index (χ4n) is 6.92. The lowest BCUT2D eigenvalue weighted by atomic mass is 10.1. The van der Waals surface area contributed by atoms with Gasteiger partial charge in [-0.15, -0.1) is 13.2 Å². The Bertz CT molecular complexity index is 3380. The smallest absolute Gasteiger partial charge is 0.406 e. The van der Waals surface area contributed by atoms with E-state index in [2.05, 4.69) is 40.1 Å². The second kappa shape index (κ2) is 18.0. The number of rotatable bonds is 9. The highest BCUT2D eigenvalue weighted by molar-refractivity contribution is 7.91. The molecule has 16 heteroatoms. The Hall–Kier alpha value is -6.71. The summed E-state index contributed by atoms with van der Waals surface area (Å²) in [6.45, 7) is 0.